The molecule has 0 bridgehead atoms. The Morgan fingerprint density at radius 1 is 1.33 bits per heavy atom. The van der Waals surface area contributed by atoms with Gasteiger partial charge in [-0.1, -0.05) is 0 Å². The van der Waals surface area contributed by atoms with Crippen LogP contribution in [-0.4, -0.2) is 0 Å². The molecule has 1 radical (unpaired) electrons. The molecule has 0 spiro atoms. The predicted octanol–water partition coefficient (Wildman–Crippen LogP) is 2.23. The third-order valence-electron chi connectivity index (χ3n) is 1.22. The van der Waals surface area contributed by atoms with E-state index in [1.165, 1.54) is 0 Å². The topological polar surface area (TPSA) is 26.0 Å². The Morgan fingerprint density at radius 3 is 2.33 bits per heavy atom. The van der Waals surface area contributed by atoms with Gasteiger partial charge in [0.2, 0.25) is 0 Å². The standard InChI is InChI=1S/C7H4F4N/c8-6-2-1-4(12)3-5(6)7(9,10)11/h1,3H,12H2. The molecule has 65 valence electrons. The maximum atomic E-state index is 12.4. The van der Waals surface area contributed by atoms with Crippen molar-refractivity contribution >= 4 is 5.69 Å². The molecule has 0 atom stereocenters. The van der Waals surface area contributed by atoms with Gasteiger partial charge in [0.25, 0.3) is 0 Å². The van der Waals surface area contributed by atoms with Gasteiger partial charge in [0.05, 0.1) is 5.56 Å². The molecule has 0 saturated heterocycles. The van der Waals surface area contributed by atoms with Crippen molar-refractivity contribution < 1.29 is 17.6 Å². The molecule has 0 saturated carbocycles. The maximum absolute atomic E-state index is 12.4. The number of anilines is 1. The summed E-state index contributed by atoms with van der Waals surface area (Å²) in [4.78, 5) is 0. The Bertz CT molecular complexity index is 292. The molecule has 2 N–H and O–H groups in total. The first-order valence-electron chi connectivity index (χ1n) is 2.95. The molecule has 1 aromatic carbocycles. The van der Waals surface area contributed by atoms with Crippen LogP contribution < -0.4 is 5.73 Å². The van der Waals surface area contributed by atoms with Gasteiger partial charge in [-0.15, -0.1) is 0 Å². The minimum Gasteiger partial charge on any atom is -0.399 e. The van der Waals surface area contributed by atoms with Gasteiger partial charge >= 0.3 is 6.18 Å². The molecule has 12 heavy (non-hydrogen) atoms. The van der Waals surface area contributed by atoms with Crippen molar-refractivity contribution in [1.82, 2.24) is 0 Å². The SMILES string of the molecule is Nc1c[c]c(F)c(C(F)(F)F)c1. The Balaban J connectivity index is 3.23. The molecule has 5 heteroatoms. The van der Waals surface area contributed by atoms with E-state index < -0.39 is 17.6 Å². The Hall–Kier alpha value is -1.26. The molecular weight excluding hydrogens is 174 g/mol. The molecule has 0 fully saturated rings. The highest BCUT2D eigenvalue weighted by molar-refractivity contribution is 5.41. The van der Waals surface area contributed by atoms with Gasteiger partial charge in [-0.25, -0.2) is 4.39 Å². The zero-order valence-corrected chi connectivity index (χ0v) is 5.74. The average molecular weight is 178 g/mol. The number of nitrogens with two attached hydrogens (primary N) is 1. The van der Waals surface area contributed by atoms with Crippen LogP contribution in [0, 0.1) is 11.9 Å². The zero-order chi connectivity index (χ0) is 9.35. The van der Waals surface area contributed by atoms with Crippen LogP contribution in [0.3, 0.4) is 0 Å². The van der Waals surface area contributed by atoms with Crippen LogP contribution in [-0.2, 0) is 6.18 Å². The van der Waals surface area contributed by atoms with E-state index in [1.807, 2.05) is 0 Å². The average Bonchev–Trinajstić information content (AvgIpc) is 1.92. The summed E-state index contributed by atoms with van der Waals surface area (Å²) in [5.41, 5.74) is 3.48. The van der Waals surface area contributed by atoms with Gasteiger partial charge in [-0.3, -0.25) is 0 Å². The lowest BCUT2D eigenvalue weighted by Crippen LogP contribution is -2.08. The summed E-state index contributed by atoms with van der Waals surface area (Å²) in [5, 5.41) is 0. The smallest absolute Gasteiger partial charge is 0.399 e. The van der Waals surface area contributed by atoms with Crippen LogP contribution in [0.5, 0.6) is 0 Å². The third kappa shape index (κ3) is 1.66. The van der Waals surface area contributed by atoms with E-state index >= 15 is 0 Å². The second-order valence-electron chi connectivity index (χ2n) is 2.16. The van der Waals surface area contributed by atoms with E-state index in [0.717, 1.165) is 6.07 Å². The molecular formula is C7H4F4N. The summed E-state index contributed by atoms with van der Waals surface area (Å²) in [7, 11) is 0. The van der Waals surface area contributed by atoms with Crippen LogP contribution in [0.4, 0.5) is 23.2 Å². The minimum absolute atomic E-state index is 0.163. The van der Waals surface area contributed by atoms with Crippen LogP contribution in [0.15, 0.2) is 12.1 Å². The van der Waals surface area contributed by atoms with Gasteiger partial charge in [-0.05, 0) is 12.1 Å². The van der Waals surface area contributed by atoms with Gasteiger partial charge in [-0.2, -0.15) is 13.2 Å². The van der Waals surface area contributed by atoms with E-state index in [0.29, 0.717) is 6.07 Å². The summed E-state index contributed by atoms with van der Waals surface area (Å²) in [5.74, 6) is -1.43. The molecule has 1 rings (SSSR count). The fraction of sp³-hybridized carbons (Fsp3) is 0.143. The quantitative estimate of drug-likeness (QED) is 0.478. The molecule has 0 aliphatic heterocycles. The lowest BCUT2D eigenvalue weighted by atomic mass is 10.2. The van der Waals surface area contributed by atoms with Crippen molar-refractivity contribution in [2.75, 3.05) is 5.73 Å². The number of benzene rings is 1. The van der Waals surface area contributed by atoms with Crippen LogP contribution in [0.1, 0.15) is 5.56 Å². The molecule has 1 aromatic rings. The Labute approximate surface area is 65.8 Å². The van der Waals surface area contributed by atoms with Crippen LogP contribution >= 0.6 is 0 Å². The summed E-state index contributed by atoms with van der Waals surface area (Å²) in [6.45, 7) is 0. The Morgan fingerprint density at radius 2 is 1.92 bits per heavy atom. The van der Waals surface area contributed by atoms with Crippen molar-refractivity contribution in [2.45, 2.75) is 6.18 Å². The number of hydrogen-bond donors (Lipinski definition) is 1. The molecule has 0 heterocycles. The normalized spacial score (nSPS) is 11.7. The van der Waals surface area contributed by atoms with Crippen molar-refractivity contribution in [3.8, 4) is 0 Å². The third-order valence-corrected chi connectivity index (χ3v) is 1.22. The van der Waals surface area contributed by atoms with Crippen molar-refractivity contribution in [1.29, 1.82) is 0 Å². The van der Waals surface area contributed by atoms with Crippen molar-refractivity contribution in [3.05, 3.63) is 29.6 Å². The fourth-order valence-electron chi connectivity index (χ4n) is 0.702. The van der Waals surface area contributed by atoms with E-state index in [-0.39, 0.29) is 5.69 Å². The molecule has 0 aliphatic carbocycles. The molecule has 1 nitrogen and oxygen atoms in total. The number of nitrogen functional groups attached to an aromatic ring is 1. The van der Waals surface area contributed by atoms with E-state index in [2.05, 4.69) is 0 Å². The predicted molar refractivity (Wildman–Crippen MR) is 34.7 cm³/mol. The van der Waals surface area contributed by atoms with Crippen molar-refractivity contribution in [2.24, 2.45) is 0 Å². The number of alkyl halides is 3. The Kier molecular flexibility index (Phi) is 1.95. The van der Waals surface area contributed by atoms with Gasteiger partial charge in [0.15, 0.2) is 0 Å². The van der Waals surface area contributed by atoms with Gasteiger partial charge < -0.3 is 5.73 Å². The fourth-order valence-corrected chi connectivity index (χ4v) is 0.702. The first-order valence-corrected chi connectivity index (χ1v) is 2.95. The van der Waals surface area contributed by atoms with Gasteiger partial charge in [0, 0.05) is 11.8 Å². The largest absolute Gasteiger partial charge is 0.419 e. The minimum atomic E-state index is -4.71. The highest BCUT2D eigenvalue weighted by Crippen LogP contribution is 2.31. The van der Waals surface area contributed by atoms with Crippen molar-refractivity contribution in [3.63, 3.8) is 0 Å². The number of rotatable bonds is 0. The maximum Gasteiger partial charge on any atom is 0.419 e. The van der Waals surface area contributed by atoms with Gasteiger partial charge in [0.1, 0.15) is 5.82 Å². The summed E-state index contributed by atoms with van der Waals surface area (Å²) >= 11 is 0. The van der Waals surface area contributed by atoms with E-state index in [4.69, 9.17) is 5.73 Å². The first-order chi connectivity index (χ1) is 5.41. The number of hydrogen-bond acceptors (Lipinski definition) is 1. The highest BCUT2D eigenvalue weighted by atomic mass is 19.4. The van der Waals surface area contributed by atoms with E-state index in [1.54, 1.807) is 6.07 Å². The second-order valence-corrected chi connectivity index (χ2v) is 2.16. The molecule has 0 aromatic heterocycles. The van der Waals surface area contributed by atoms with E-state index in [9.17, 15) is 17.6 Å². The summed E-state index contributed by atoms with van der Waals surface area (Å²) < 4.78 is 48.2. The first kappa shape index (κ1) is 8.83. The summed E-state index contributed by atoms with van der Waals surface area (Å²) in [6.07, 6.45) is -4.71. The monoisotopic (exact) mass is 178 g/mol. The molecule has 0 amide bonds. The lowest BCUT2D eigenvalue weighted by molar-refractivity contribution is -0.139. The highest BCUT2D eigenvalue weighted by Gasteiger charge is 2.34. The molecule has 0 aliphatic rings. The lowest BCUT2D eigenvalue weighted by Gasteiger charge is -2.07. The molecule has 0 unspecified atom stereocenters. The van der Waals surface area contributed by atoms with Crippen LogP contribution in [0.2, 0.25) is 0 Å². The number of halogens is 4. The van der Waals surface area contributed by atoms with Crippen LogP contribution in [0.25, 0.3) is 0 Å². The second kappa shape index (κ2) is 2.66. The zero-order valence-electron chi connectivity index (χ0n) is 5.74. The summed E-state index contributed by atoms with van der Waals surface area (Å²) in [6, 6.07) is 3.25.